The normalized spacial score (nSPS) is 24.3. The molecule has 1 spiro atoms. The van der Waals surface area contributed by atoms with Crippen LogP contribution in [0.2, 0.25) is 5.02 Å². The minimum absolute atomic E-state index is 0.0863. The number of benzene rings is 1. The molecule has 2 amide bonds. The van der Waals surface area contributed by atoms with Gasteiger partial charge in [0.05, 0.1) is 12.6 Å². The van der Waals surface area contributed by atoms with Crippen LogP contribution in [0.3, 0.4) is 0 Å². The van der Waals surface area contributed by atoms with Gasteiger partial charge in [0.25, 0.3) is 0 Å². The van der Waals surface area contributed by atoms with Crippen molar-refractivity contribution < 1.29 is 9.53 Å². The summed E-state index contributed by atoms with van der Waals surface area (Å²) in [5.74, 6) is 0. The second-order valence-electron chi connectivity index (χ2n) is 6.34. The summed E-state index contributed by atoms with van der Waals surface area (Å²) in [5.41, 5.74) is 0.305. The standard InChI is InChI=1S/C17H23ClN2O2/c1-13-12-20(17(22-13)9-4-2-3-5-10-17)16(21)19-15-8-6-7-14(18)11-15/h6-8,11,13H,2-5,9-10,12H2,1H3,(H,19,21)/t13-/m1/s1. The molecular formula is C17H23ClN2O2. The minimum Gasteiger partial charge on any atom is -0.351 e. The third-order valence-corrected chi connectivity index (χ3v) is 4.79. The molecule has 2 aliphatic rings. The third kappa shape index (κ3) is 3.23. The molecule has 5 heteroatoms. The van der Waals surface area contributed by atoms with Gasteiger partial charge in [0, 0.05) is 10.7 Å². The predicted octanol–water partition coefficient (Wildman–Crippen LogP) is 4.64. The van der Waals surface area contributed by atoms with Crippen molar-refractivity contribution in [2.45, 2.75) is 57.3 Å². The van der Waals surface area contributed by atoms with Gasteiger partial charge >= 0.3 is 6.03 Å². The van der Waals surface area contributed by atoms with Gasteiger partial charge in [0.15, 0.2) is 0 Å². The van der Waals surface area contributed by atoms with E-state index >= 15 is 0 Å². The maximum absolute atomic E-state index is 12.7. The second-order valence-corrected chi connectivity index (χ2v) is 6.78. The van der Waals surface area contributed by atoms with Crippen LogP contribution in [-0.4, -0.2) is 29.3 Å². The average Bonchev–Trinajstić information content (AvgIpc) is 2.64. The monoisotopic (exact) mass is 322 g/mol. The zero-order valence-electron chi connectivity index (χ0n) is 13.0. The van der Waals surface area contributed by atoms with Crippen molar-refractivity contribution >= 4 is 23.3 Å². The summed E-state index contributed by atoms with van der Waals surface area (Å²) in [6.45, 7) is 2.69. The Kier molecular flexibility index (Phi) is 4.59. The van der Waals surface area contributed by atoms with Crippen molar-refractivity contribution in [3.63, 3.8) is 0 Å². The fourth-order valence-corrected chi connectivity index (χ4v) is 3.78. The van der Waals surface area contributed by atoms with Crippen LogP contribution in [0.1, 0.15) is 45.4 Å². The summed E-state index contributed by atoms with van der Waals surface area (Å²) in [5, 5.41) is 3.58. The molecule has 1 atom stereocenters. The number of anilines is 1. The molecule has 1 aromatic carbocycles. The van der Waals surface area contributed by atoms with Crippen LogP contribution in [0, 0.1) is 0 Å². The van der Waals surface area contributed by atoms with Crippen LogP contribution < -0.4 is 5.32 Å². The molecule has 2 fully saturated rings. The van der Waals surface area contributed by atoms with E-state index < -0.39 is 5.72 Å². The van der Waals surface area contributed by atoms with E-state index in [2.05, 4.69) is 5.32 Å². The number of hydrogen-bond donors (Lipinski definition) is 1. The van der Waals surface area contributed by atoms with E-state index in [1.54, 1.807) is 12.1 Å². The summed E-state index contributed by atoms with van der Waals surface area (Å²) >= 11 is 5.99. The van der Waals surface area contributed by atoms with Crippen molar-refractivity contribution in [2.75, 3.05) is 11.9 Å². The van der Waals surface area contributed by atoms with Gasteiger partial charge < -0.3 is 10.1 Å². The molecule has 0 aromatic heterocycles. The highest BCUT2D eigenvalue weighted by Crippen LogP contribution is 2.39. The van der Waals surface area contributed by atoms with Crippen LogP contribution >= 0.6 is 11.6 Å². The van der Waals surface area contributed by atoms with Crippen molar-refractivity contribution in [1.82, 2.24) is 4.90 Å². The van der Waals surface area contributed by atoms with Crippen LogP contribution in [-0.2, 0) is 4.74 Å². The Hall–Kier alpha value is -1.26. The maximum Gasteiger partial charge on any atom is 0.324 e. The van der Waals surface area contributed by atoms with Gasteiger partial charge in [0.2, 0.25) is 0 Å². The molecule has 1 aromatic rings. The number of amides is 2. The number of carbonyl (C=O) groups is 1. The summed E-state index contributed by atoms with van der Waals surface area (Å²) in [4.78, 5) is 14.6. The van der Waals surface area contributed by atoms with Gasteiger partial charge in [-0.3, -0.25) is 4.90 Å². The molecule has 1 aliphatic heterocycles. The summed E-state index contributed by atoms with van der Waals surface area (Å²) in [6.07, 6.45) is 6.64. The van der Waals surface area contributed by atoms with Gasteiger partial charge in [-0.15, -0.1) is 0 Å². The highest BCUT2D eigenvalue weighted by atomic mass is 35.5. The Morgan fingerprint density at radius 1 is 1.32 bits per heavy atom. The molecule has 22 heavy (non-hydrogen) atoms. The number of rotatable bonds is 1. The smallest absolute Gasteiger partial charge is 0.324 e. The number of halogens is 1. The number of nitrogens with one attached hydrogen (secondary N) is 1. The Balaban J connectivity index is 1.77. The fourth-order valence-electron chi connectivity index (χ4n) is 3.59. The first-order chi connectivity index (χ1) is 10.6. The molecule has 0 bridgehead atoms. The molecular weight excluding hydrogens is 300 g/mol. The fraction of sp³-hybridized carbons (Fsp3) is 0.588. The lowest BCUT2D eigenvalue weighted by molar-refractivity contribution is -0.0932. The Bertz CT molecular complexity index is 541. The van der Waals surface area contributed by atoms with E-state index in [-0.39, 0.29) is 12.1 Å². The van der Waals surface area contributed by atoms with E-state index in [0.717, 1.165) is 31.4 Å². The summed E-state index contributed by atoms with van der Waals surface area (Å²) in [7, 11) is 0. The molecule has 0 radical (unpaired) electrons. The Labute approximate surface area is 136 Å². The minimum atomic E-state index is -0.418. The SMILES string of the molecule is C[C@@H]1CN(C(=O)Nc2cccc(Cl)c2)C2(CCCCCC2)O1. The number of urea groups is 1. The highest BCUT2D eigenvalue weighted by molar-refractivity contribution is 6.30. The van der Waals surface area contributed by atoms with Gasteiger partial charge in [-0.05, 0) is 50.8 Å². The molecule has 1 N–H and O–H groups in total. The van der Waals surface area contributed by atoms with Crippen molar-refractivity contribution in [3.8, 4) is 0 Å². The van der Waals surface area contributed by atoms with Crippen LogP contribution in [0.15, 0.2) is 24.3 Å². The lowest BCUT2D eigenvalue weighted by Gasteiger charge is -2.36. The van der Waals surface area contributed by atoms with Crippen molar-refractivity contribution in [1.29, 1.82) is 0 Å². The molecule has 1 heterocycles. The van der Waals surface area contributed by atoms with Crippen LogP contribution in [0.4, 0.5) is 10.5 Å². The largest absolute Gasteiger partial charge is 0.351 e. The third-order valence-electron chi connectivity index (χ3n) is 4.56. The summed E-state index contributed by atoms with van der Waals surface area (Å²) < 4.78 is 6.20. The van der Waals surface area contributed by atoms with E-state index in [4.69, 9.17) is 16.3 Å². The van der Waals surface area contributed by atoms with E-state index in [0.29, 0.717) is 11.6 Å². The van der Waals surface area contributed by atoms with Crippen LogP contribution in [0.25, 0.3) is 0 Å². The average molecular weight is 323 g/mol. The first-order valence-electron chi connectivity index (χ1n) is 8.11. The van der Waals surface area contributed by atoms with Crippen molar-refractivity contribution in [2.24, 2.45) is 0 Å². The van der Waals surface area contributed by atoms with Gasteiger partial charge in [-0.1, -0.05) is 30.5 Å². The lowest BCUT2D eigenvalue weighted by atomic mass is 10.0. The van der Waals surface area contributed by atoms with Gasteiger partial charge in [0.1, 0.15) is 5.72 Å². The van der Waals surface area contributed by atoms with E-state index in [9.17, 15) is 4.79 Å². The molecule has 0 unspecified atom stereocenters. The quantitative estimate of drug-likeness (QED) is 0.818. The first kappa shape index (κ1) is 15.6. The molecule has 4 nitrogen and oxygen atoms in total. The number of carbonyl (C=O) groups excluding carboxylic acids is 1. The first-order valence-corrected chi connectivity index (χ1v) is 8.49. The van der Waals surface area contributed by atoms with Crippen LogP contribution in [0.5, 0.6) is 0 Å². The Morgan fingerprint density at radius 2 is 2.05 bits per heavy atom. The Morgan fingerprint density at radius 3 is 2.73 bits per heavy atom. The van der Waals surface area contributed by atoms with Gasteiger partial charge in [-0.2, -0.15) is 0 Å². The zero-order valence-corrected chi connectivity index (χ0v) is 13.7. The zero-order chi connectivity index (χ0) is 15.6. The number of nitrogens with zero attached hydrogens (tertiary/aromatic N) is 1. The van der Waals surface area contributed by atoms with Gasteiger partial charge in [-0.25, -0.2) is 4.79 Å². The number of hydrogen-bond acceptors (Lipinski definition) is 2. The lowest BCUT2D eigenvalue weighted by Crippen LogP contribution is -2.49. The number of ether oxygens (including phenoxy) is 1. The van der Waals surface area contributed by atoms with E-state index in [1.807, 2.05) is 24.0 Å². The maximum atomic E-state index is 12.7. The topological polar surface area (TPSA) is 41.6 Å². The molecule has 3 rings (SSSR count). The predicted molar refractivity (Wildman–Crippen MR) is 88.2 cm³/mol. The molecule has 120 valence electrons. The van der Waals surface area contributed by atoms with Crippen molar-refractivity contribution in [3.05, 3.63) is 29.3 Å². The summed E-state index contributed by atoms with van der Waals surface area (Å²) in [6, 6.07) is 7.16. The molecule has 1 saturated heterocycles. The molecule has 1 aliphatic carbocycles. The second kappa shape index (κ2) is 6.47. The molecule has 1 saturated carbocycles. The van der Waals surface area contributed by atoms with E-state index in [1.165, 1.54) is 12.8 Å². The highest BCUT2D eigenvalue weighted by Gasteiger charge is 2.47.